The Kier molecular flexibility index (Phi) is 8.79. The predicted molar refractivity (Wildman–Crippen MR) is 142 cm³/mol. The van der Waals surface area contributed by atoms with Crippen LogP contribution in [-0.2, 0) is 29.7 Å². The van der Waals surface area contributed by atoms with E-state index in [1.54, 1.807) is 19.9 Å². The molecular weight excluding hydrogens is 509 g/mol. The molecule has 0 aliphatic carbocycles. The highest BCUT2D eigenvalue weighted by molar-refractivity contribution is 7.58. The number of nitro groups is 1. The maximum atomic E-state index is 13.9. The van der Waals surface area contributed by atoms with Gasteiger partial charge in [-0.05, 0) is 38.4 Å². The summed E-state index contributed by atoms with van der Waals surface area (Å²) < 4.78 is 30.9. The van der Waals surface area contributed by atoms with Gasteiger partial charge in [0.1, 0.15) is 6.61 Å². The third kappa shape index (κ3) is 6.22. The quantitative estimate of drug-likeness (QED) is 0.200. The van der Waals surface area contributed by atoms with Crippen LogP contribution < -0.4 is 5.32 Å². The highest BCUT2D eigenvalue weighted by Crippen LogP contribution is 2.65. The number of likely N-dealkylation sites (N-methyl/N-ethyl adjacent to an activating group) is 1. The molecule has 2 aromatic rings. The average Bonchev–Trinajstić information content (AvgIpc) is 2.89. The van der Waals surface area contributed by atoms with E-state index < -0.39 is 24.4 Å². The molecule has 0 aromatic heterocycles. The maximum absolute atomic E-state index is 13.9. The predicted octanol–water partition coefficient (Wildman–Crippen LogP) is 5.09. The SMILES string of the molecule is CC1=C(C(=O)OCCN(C)Cc2ccccc2)C(c2cccc([N+](=O)[O-])c2)C(P2(=O)OCCCO2)=C(C)N1. The number of nitro benzene ring substituents is 1. The monoisotopic (exact) mass is 541 g/mol. The summed E-state index contributed by atoms with van der Waals surface area (Å²) in [4.78, 5) is 26.6. The summed E-state index contributed by atoms with van der Waals surface area (Å²) in [6, 6.07) is 15.9. The first kappa shape index (κ1) is 27.7. The molecule has 1 N–H and O–H groups in total. The number of nitrogens with zero attached hydrogens (tertiary/aromatic N) is 2. The smallest absolute Gasteiger partial charge is 0.360 e. The molecule has 0 bridgehead atoms. The molecule has 1 saturated heterocycles. The normalized spacial score (nSPS) is 19.3. The van der Waals surface area contributed by atoms with Crippen molar-refractivity contribution in [2.75, 3.05) is 33.4 Å². The molecule has 0 amide bonds. The van der Waals surface area contributed by atoms with Crippen LogP contribution >= 0.6 is 7.60 Å². The number of benzene rings is 2. The molecule has 1 unspecified atom stereocenters. The van der Waals surface area contributed by atoms with Crippen LogP contribution in [0, 0.1) is 10.1 Å². The zero-order valence-corrected chi connectivity index (χ0v) is 22.6. The molecular formula is C27H32N3O7P. The second-order valence-electron chi connectivity index (χ2n) is 9.34. The summed E-state index contributed by atoms with van der Waals surface area (Å²) in [7, 11) is -1.85. The first-order valence-electron chi connectivity index (χ1n) is 12.4. The van der Waals surface area contributed by atoms with Crippen molar-refractivity contribution in [2.24, 2.45) is 0 Å². The Hall–Kier alpha value is -3.30. The van der Waals surface area contributed by atoms with Gasteiger partial charge in [-0.1, -0.05) is 42.5 Å². The number of carbonyl (C=O) groups is 1. The van der Waals surface area contributed by atoms with Crippen molar-refractivity contribution < 1.29 is 28.1 Å². The molecule has 202 valence electrons. The Labute approximate surface area is 221 Å². The molecule has 2 aliphatic rings. The van der Waals surface area contributed by atoms with E-state index in [1.165, 1.54) is 18.2 Å². The van der Waals surface area contributed by atoms with Crippen molar-refractivity contribution >= 4 is 19.3 Å². The van der Waals surface area contributed by atoms with Crippen LogP contribution in [0.3, 0.4) is 0 Å². The van der Waals surface area contributed by atoms with Crippen LogP contribution in [0.1, 0.15) is 37.3 Å². The molecule has 38 heavy (non-hydrogen) atoms. The lowest BCUT2D eigenvalue weighted by atomic mass is 9.86. The maximum Gasteiger partial charge on any atom is 0.360 e. The second-order valence-corrected chi connectivity index (χ2v) is 11.3. The standard InChI is InChI=1S/C27H32N3O7P/c1-19-24(27(31)35-16-13-29(3)18-21-9-5-4-6-10-21)25(22-11-7-12-23(17-22)30(32)33)26(20(2)28-19)38(34)36-14-8-15-37-38/h4-7,9-12,17,25,28H,8,13-16,18H2,1-3H3. The fraction of sp³-hybridized carbons (Fsp3) is 0.370. The molecule has 11 heteroatoms. The Morgan fingerprint density at radius 2 is 1.84 bits per heavy atom. The molecule has 4 rings (SSSR count). The fourth-order valence-corrected chi connectivity index (χ4v) is 6.86. The summed E-state index contributed by atoms with van der Waals surface area (Å²) in [6.45, 7) is 5.25. The number of hydrogen-bond donors (Lipinski definition) is 1. The minimum atomic E-state index is -3.79. The lowest BCUT2D eigenvalue weighted by Crippen LogP contribution is -2.31. The van der Waals surface area contributed by atoms with E-state index in [4.69, 9.17) is 13.8 Å². The minimum absolute atomic E-state index is 0.128. The number of nitrogens with one attached hydrogen (secondary N) is 1. The zero-order chi connectivity index (χ0) is 27.3. The Balaban J connectivity index is 1.61. The largest absolute Gasteiger partial charge is 0.461 e. The number of dihydropyridines is 1. The first-order chi connectivity index (χ1) is 18.2. The number of non-ortho nitro benzene ring substituents is 1. The lowest BCUT2D eigenvalue weighted by molar-refractivity contribution is -0.384. The van der Waals surface area contributed by atoms with Crippen molar-refractivity contribution in [3.8, 4) is 0 Å². The van der Waals surface area contributed by atoms with Crippen molar-refractivity contribution in [2.45, 2.75) is 32.7 Å². The number of carbonyl (C=O) groups excluding carboxylic acids is 1. The average molecular weight is 542 g/mol. The molecule has 1 atom stereocenters. The van der Waals surface area contributed by atoms with E-state index in [9.17, 15) is 19.5 Å². The first-order valence-corrected chi connectivity index (χ1v) is 14.0. The van der Waals surface area contributed by atoms with Gasteiger partial charge in [-0.15, -0.1) is 0 Å². The molecule has 0 spiro atoms. The van der Waals surface area contributed by atoms with Crippen molar-refractivity contribution in [1.82, 2.24) is 10.2 Å². The van der Waals surface area contributed by atoms with Crippen molar-refractivity contribution in [3.63, 3.8) is 0 Å². The van der Waals surface area contributed by atoms with E-state index in [2.05, 4.69) is 5.32 Å². The van der Waals surface area contributed by atoms with Gasteiger partial charge in [0.2, 0.25) is 0 Å². The van der Waals surface area contributed by atoms with Gasteiger partial charge in [-0.3, -0.25) is 19.6 Å². The van der Waals surface area contributed by atoms with Gasteiger partial charge in [0.05, 0.1) is 34.9 Å². The van der Waals surface area contributed by atoms with Gasteiger partial charge < -0.3 is 19.1 Å². The van der Waals surface area contributed by atoms with Gasteiger partial charge in [0, 0.05) is 36.6 Å². The van der Waals surface area contributed by atoms with Gasteiger partial charge >= 0.3 is 13.6 Å². The fourth-order valence-electron chi connectivity index (χ4n) is 4.71. The molecule has 2 aliphatic heterocycles. The topological polar surface area (TPSA) is 120 Å². The summed E-state index contributed by atoms with van der Waals surface area (Å²) >= 11 is 0. The molecule has 0 saturated carbocycles. The second kappa shape index (κ2) is 12.0. The van der Waals surface area contributed by atoms with E-state index in [0.29, 0.717) is 36.5 Å². The Morgan fingerprint density at radius 1 is 1.13 bits per heavy atom. The van der Waals surface area contributed by atoms with Gasteiger partial charge in [-0.2, -0.15) is 0 Å². The van der Waals surface area contributed by atoms with Crippen molar-refractivity contribution in [3.05, 3.63) is 98.1 Å². The van der Waals surface area contributed by atoms with E-state index in [0.717, 1.165) is 5.56 Å². The number of allylic oxidation sites excluding steroid dienone is 3. The van der Waals surface area contributed by atoms with Gasteiger partial charge in [0.15, 0.2) is 0 Å². The summed E-state index contributed by atoms with van der Waals surface area (Å²) in [5, 5.41) is 14.9. The number of esters is 1. The van der Waals surface area contributed by atoms with Crippen LogP contribution in [0.15, 0.2) is 76.9 Å². The highest BCUT2D eigenvalue weighted by atomic mass is 31.2. The third-order valence-electron chi connectivity index (χ3n) is 6.47. The van der Waals surface area contributed by atoms with E-state index >= 15 is 0 Å². The van der Waals surface area contributed by atoms with Crippen molar-refractivity contribution in [1.29, 1.82) is 0 Å². The van der Waals surface area contributed by atoms with Gasteiger partial charge in [0.25, 0.3) is 5.69 Å². The van der Waals surface area contributed by atoms with Crippen LogP contribution in [-0.4, -0.2) is 49.2 Å². The number of ether oxygens (including phenoxy) is 1. The molecule has 2 aromatic carbocycles. The lowest BCUT2D eigenvalue weighted by Gasteiger charge is -2.35. The van der Waals surface area contributed by atoms with E-state index in [-0.39, 0.29) is 36.4 Å². The van der Waals surface area contributed by atoms with Gasteiger partial charge in [-0.25, -0.2) is 4.79 Å². The minimum Gasteiger partial charge on any atom is -0.461 e. The summed E-state index contributed by atoms with van der Waals surface area (Å²) in [5.74, 6) is -1.51. The molecule has 2 heterocycles. The van der Waals surface area contributed by atoms with Crippen LogP contribution in [0.25, 0.3) is 0 Å². The number of rotatable bonds is 9. The Bertz CT molecular complexity index is 1300. The van der Waals surface area contributed by atoms with Crippen LogP contribution in [0.5, 0.6) is 0 Å². The Morgan fingerprint density at radius 3 is 2.53 bits per heavy atom. The summed E-state index contributed by atoms with van der Waals surface area (Å²) in [6.07, 6.45) is 0.589. The summed E-state index contributed by atoms with van der Waals surface area (Å²) in [5.41, 5.74) is 2.66. The highest BCUT2D eigenvalue weighted by Gasteiger charge is 2.46. The van der Waals surface area contributed by atoms with Crippen LogP contribution in [0.4, 0.5) is 5.69 Å². The molecule has 0 radical (unpaired) electrons. The third-order valence-corrected chi connectivity index (χ3v) is 8.70. The van der Waals surface area contributed by atoms with E-state index in [1.807, 2.05) is 42.3 Å². The van der Waals surface area contributed by atoms with Crippen LogP contribution in [0.2, 0.25) is 0 Å². The molecule has 10 nitrogen and oxygen atoms in total. The molecule has 1 fully saturated rings. The number of hydrogen-bond acceptors (Lipinski definition) is 9. The zero-order valence-electron chi connectivity index (χ0n) is 21.7.